The number of nitro groups is 1. The number of aliphatic hydroxyl groups is 1. The maximum Gasteiger partial charge on any atom is 0.300 e. The molecule has 3 aromatic carbocycles. The second-order valence-electron chi connectivity index (χ2n) is 7.79. The molecule has 0 aliphatic carbocycles. The molecule has 36 heavy (non-hydrogen) atoms. The largest absolute Gasteiger partial charge is 0.507 e. The van der Waals surface area contributed by atoms with Gasteiger partial charge in [0.05, 0.1) is 30.3 Å². The van der Waals surface area contributed by atoms with E-state index in [0.717, 1.165) is 0 Å². The van der Waals surface area contributed by atoms with Crippen molar-refractivity contribution in [1.29, 1.82) is 0 Å². The van der Waals surface area contributed by atoms with Crippen LogP contribution in [0.2, 0.25) is 5.02 Å². The molecule has 1 unspecified atom stereocenters. The normalized spacial score (nSPS) is 16.8. The highest BCUT2D eigenvalue weighted by atomic mass is 35.5. The number of carbonyl (C=O) groups excluding carboxylic acids is 2. The highest BCUT2D eigenvalue weighted by Crippen LogP contribution is 2.44. The topological polar surface area (TPSA) is 119 Å². The predicted octanol–water partition coefficient (Wildman–Crippen LogP) is 5.28. The van der Waals surface area contributed by atoms with Gasteiger partial charge in [0.15, 0.2) is 11.5 Å². The van der Waals surface area contributed by atoms with Crippen LogP contribution >= 0.6 is 11.6 Å². The number of ketones is 1. The van der Waals surface area contributed by atoms with Crippen molar-refractivity contribution < 1.29 is 29.1 Å². The van der Waals surface area contributed by atoms with Gasteiger partial charge in [-0.25, -0.2) is 0 Å². The van der Waals surface area contributed by atoms with Crippen LogP contribution in [-0.2, 0) is 9.59 Å². The zero-order valence-corrected chi connectivity index (χ0v) is 20.1. The van der Waals surface area contributed by atoms with Crippen LogP contribution in [0.15, 0.2) is 72.3 Å². The molecule has 184 valence electrons. The Morgan fingerprint density at radius 1 is 1.06 bits per heavy atom. The van der Waals surface area contributed by atoms with Gasteiger partial charge in [-0.2, -0.15) is 0 Å². The summed E-state index contributed by atoms with van der Waals surface area (Å²) >= 11 is 6.02. The number of methoxy groups -OCH3 is 1. The number of non-ortho nitro benzene ring substituents is 1. The van der Waals surface area contributed by atoms with Crippen LogP contribution in [0.1, 0.15) is 24.1 Å². The van der Waals surface area contributed by atoms with E-state index >= 15 is 0 Å². The summed E-state index contributed by atoms with van der Waals surface area (Å²) in [5.74, 6) is -1.36. The Labute approximate surface area is 211 Å². The molecule has 0 spiro atoms. The molecule has 1 amide bonds. The Bertz CT molecular complexity index is 1370. The molecule has 1 atom stereocenters. The minimum atomic E-state index is -1.02. The number of aliphatic hydroxyl groups excluding tert-OH is 1. The van der Waals surface area contributed by atoms with Crippen LogP contribution in [0.25, 0.3) is 5.76 Å². The van der Waals surface area contributed by atoms with E-state index in [1.165, 1.54) is 36.3 Å². The van der Waals surface area contributed by atoms with Crippen molar-refractivity contribution in [2.75, 3.05) is 18.6 Å². The smallest absolute Gasteiger partial charge is 0.300 e. The number of benzene rings is 3. The summed E-state index contributed by atoms with van der Waals surface area (Å²) in [6, 6.07) is 15.4. The molecule has 3 aromatic rings. The number of ether oxygens (including phenoxy) is 2. The maximum atomic E-state index is 13.3. The maximum absolute atomic E-state index is 13.3. The third-order valence-corrected chi connectivity index (χ3v) is 5.96. The molecule has 1 N–H and O–H groups in total. The van der Waals surface area contributed by atoms with E-state index in [1.54, 1.807) is 49.4 Å². The summed E-state index contributed by atoms with van der Waals surface area (Å²) in [5, 5.41) is 22.7. The highest BCUT2D eigenvalue weighted by Gasteiger charge is 2.47. The molecule has 0 bridgehead atoms. The van der Waals surface area contributed by atoms with E-state index in [4.69, 9.17) is 21.1 Å². The van der Waals surface area contributed by atoms with Gasteiger partial charge >= 0.3 is 0 Å². The Balaban J connectivity index is 1.93. The summed E-state index contributed by atoms with van der Waals surface area (Å²) in [4.78, 5) is 38.2. The summed E-state index contributed by atoms with van der Waals surface area (Å²) in [6.45, 7) is 2.15. The standard InChI is InChI=1S/C26H21ClN2O7/c1-3-36-21-14-16(6-13-20(21)35-2)23-22(24(30)15-4-9-19(10-5-15)29(33)34)25(31)26(32)28(23)18-11-7-17(27)8-12-18/h4-14,23,30H,3H2,1-2H3/b24-22-. The van der Waals surface area contributed by atoms with Crippen molar-refractivity contribution in [1.82, 2.24) is 0 Å². The van der Waals surface area contributed by atoms with Crippen LogP contribution < -0.4 is 14.4 Å². The summed E-state index contributed by atoms with van der Waals surface area (Å²) < 4.78 is 11.0. The second-order valence-corrected chi connectivity index (χ2v) is 8.23. The minimum absolute atomic E-state index is 0.151. The van der Waals surface area contributed by atoms with Crippen molar-refractivity contribution in [3.05, 3.63) is 98.6 Å². The molecule has 10 heteroatoms. The summed E-state index contributed by atoms with van der Waals surface area (Å²) in [6.07, 6.45) is 0. The zero-order valence-electron chi connectivity index (χ0n) is 19.3. The number of hydrogen-bond donors (Lipinski definition) is 1. The first-order valence-corrected chi connectivity index (χ1v) is 11.3. The van der Waals surface area contributed by atoms with Gasteiger partial charge in [-0.3, -0.25) is 24.6 Å². The number of nitrogens with zero attached hydrogens (tertiary/aromatic N) is 2. The van der Waals surface area contributed by atoms with E-state index < -0.39 is 28.4 Å². The number of rotatable bonds is 7. The number of carbonyl (C=O) groups is 2. The van der Waals surface area contributed by atoms with Crippen molar-refractivity contribution in [2.45, 2.75) is 13.0 Å². The molecule has 4 rings (SSSR count). The molecule has 1 aliphatic rings. The van der Waals surface area contributed by atoms with Gasteiger partial charge < -0.3 is 14.6 Å². The third kappa shape index (κ3) is 4.48. The molecule has 1 heterocycles. The quantitative estimate of drug-likeness (QED) is 0.151. The van der Waals surface area contributed by atoms with E-state index in [2.05, 4.69) is 0 Å². The van der Waals surface area contributed by atoms with Crippen LogP contribution in [0.3, 0.4) is 0 Å². The lowest BCUT2D eigenvalue weighted by atomic mass is 9.94. The number of amides is 1. The number of hydrogen-bond acceptors (Lipinski definition) is 7. The van der Waals surface area contributed by atoms with Crippen LogP contribution in [0.5, 0.6) is 11.5 Å². The lowest BCUT2D eigenvalue weighted by Crippen LogP contribution is -2.29. The molecular formula is C26H21ClN2O7. The fourth-order valence-electron chi connectivity index (χ4n) is 4.04. The highest BCUT2D eigenvalue weighted by molar-refractivity contribution is 6.51. The van der Waals surface area contributed by atoms with E-state index in [-0.39, 0.29) is 16.8 Å². The van der Waals surface area contributed by atoms with Gasteiger partial charge in [-0.05, 0) is 61.0 Å². The molecular weight excluding hydrogens is 488 g/mol. The number of anilines is 1. The van der Waals surface area contributed by atoms with Gasteiger partial charge in [0.25, 0.3) is 17.4 Å². The van der Waals surface area contributed by atoms with Crippen LogP contribution in [0, 0.1) is 10.1 Å². The first-order chi connectivity index (χ1) is 17.3. The van der Waals surface area contributed by atoms with Gasteiger partial charge in [0.2, 0.25) is 0 Å². The Morgan fingerprint density at radius 3 is 2.31 bits per heavy atom. The minimum Gasteiger partial charge on any atom is -0.507 e. The van der Waals surface area contributed by atoms with Crippen molar-refractivity contribution in [3.63, 3.8) is 0 Å². The van der Waals surface area contributed by atoms with Gasteiger partial charge in [0.1, 0.15) is 5.76 Å². The first kappa shape index (κ1) is 24.7. The van der Waals surface area contributed by atoms with Crippen LogP contribution in [-0.4, -0.2) is 35.4 Å². The summed E-state index contributed by atoms with van der Waals surface area (Å²) in [7, 11) is 1.49. The monoisotopic (exact) mass is 508 g/mol. The Hall–Kier alpha value is -4.37. The molecule has 1 fully saturated rings. The fourth-order valence-corrected chi connectivity index (χ4v) is 4.17. The average molecular weight is 509 g/mol. The van der Waals surface area contributed by atoms with Crippen molar-refractivity contribution in [3.8, 4) is 11.5 Å². The molecule has 1 aliphatic heterocycles. The predicted molar refractivity (Wildman–Crippen MR) is 133 cm³/mol. The van der Waals surface area contributed by atoms with Crippen molar-refractivity contribution in [2.24, 2.45) is 0 Å². The second kappa shape index (κ2) is 10.1. The lowest BCUT2D eigenvalue weighted by molar-refractivity contribution is -0.384. The number of Topliss-reactive ketones (excluding diaryl/α,β-unsaturated/α-hetero) is 1. The SMILES string of the molecule is CCOc1cc(C2/C(=C(/O)c3ccc([N+](=O)[O-])cc3)C(=O)C(=O)N2c2ccc(Cl)cc2)ccc1OC. The Morgan fingerprint density at radius 2 is 1.72 bits per heavy atom. The van der Waals surface area contributed by atoms with Crippen molar-refractivity contribution >= 4 is 40.4 Å². The average Bonchev–Trinajstić information content (AvgIpc) is 3.14. The van der Waals surface area contributed by atoms with E-state index in [1.807, 2.05) is 0 Å². The van der Waals surface area contributed by atoms with E-state index in [0.29, 0.717) is 34.4 Å². The molecule has 1 saturated heterocycles. The van der Waals surface area contributed by atoms with Gasteiger partial charge in [-0.1, -0.05) is 17.7 Å². The number of halogens is 1. The molecule has 0 saturated carbocycles. The lowest BCUT2D eigenvalue weighted by Gasteiger charge is -2.26. The third-order valence-electron chi connectivity index (χ3n) is 5.70. The van der Waals surface area contributed by atoms with Gasteiger partial charge in [0, 0.05) is 28.4 Å². The molecule has 0 radical (unpaired) electrons. The van der Waals surface area contributed by atoms with Crippen LogP contribution in [0.4, 0.5) is 11.4 Å². The fraction of sp³-hybridized carbons (Fsp3) is 0.154. The molecule has 9 nitrogen and oxygen atoms in total. The molecule has 0 aromatic heterocycles. The van der Waals surface area contributed by atoms with Gasteiger partial charge in [-0.15, -0.1) is 0 Å². The van der Waals surface area contributed by atoms with E-state index in [9.17, 15) is 24.8 Å². The Kier molecular flexibility index (Phi) is 6.93. The summed E-state index contributed by atoms with van der Waals surface area (Å²) in [5.41, 5.74) is 0.677. The zero-order chi connectivity index (χ0) is 26.0. The number of nitro benzene ring substituents is 1. The first-order valence-electron chi connectivity index (χ1n) is 10.9.